The summed E-state index contributed by atoms with van der Waals surface area (Å²) < 4.78 is 5.46. The van der Waals surface area contributed by atoms with Crippen LogP contribution >= 0.6 is 0 Å². The highest BCUT2D eigenvalue weighted by Gasteiger charge is 2.15. The molecule has 5 nitrogen and oxygen atoms in total. The summed E-state index contributed by atoms with van der Waals surface area (Å²) in [5, 5.41) is 14.2. The second kappa shape index (κ2) is 6.89. The van der Waals surface area contributed by atoms with Crippen molar-refractivity contribution in [3.8, 4) is 5.75 Å². The molecule has 19 heavy (non-hydrogen) atoms. The number of ether oxygens (including phenoxy) is 1. The van der Waals surface area contributed by atoms with E-state index in [1.54, 1.807) is 6.20 Å². The molecule has 0 spiro atoms. The molecule has 1 unspecified atom stereocenters. The van der Waals surface area contributed by atoms with Gasteiger partial charge in [-0.15, -0.1) is 0 Å². The molecule has 0 aliphatic carbocycles. The Morgan fingerprint density at radius 2 is 2.05 bits per heavy atom. The van der Waals surface area contributed by atoms with E-state index in [1.165, 1.54) is 0 Å². The van der Waals surface area contributed by atoms with Gasteiger partial charge in [0, 0.05) is 0 Å². The zero-order valence-electron chi connectivity index (χ0n) is 11.4. The van der Waals surface area contributed by atoms with Crippen molar-refractivity contribution in [1.82, 2.24) is 20.7 Å². The van der Waals surface area contributed by atoms with Gasteiger partial charge >= 0.3 is 0 Å². The predicted molar refractivity (Wildman–Crippen MR) is 74.1 cm³/mol. The molecule has 2 N–H and O–H groups in total. The van der Waals surface area contributed by atoms with Crippen LogP contribution in [0.5, 0.6) is 5.75 Å². The summed E-state index contributed by atoms with van der Waals surface area (Å²) >= 11 is 0. The van der Waals surface area contributed by atoms with Crippen LogP contribution in [0.1, 0.15) is 37.6 Å². The molecule has 0 amide bonds. The van der Waals surface area contributed by atoms with Crippen LogP contribution in [0.3, 0.4) is 0 Å². The number of benzene rings is 1. The highest BCUT2D eigenvalue weighted by atomic mass is 16.5. The van der Waals surface area contributed by atoms with Crippen molar-refractivity contribution in [3.05, 3.63) is 41.7 Å². The van der Waals surface area contributed by atoms with E-state index in [0.29, 0.717) is 6.61 Å². The van der Waals surface area contributed by atoms with Gasteiger partial charge in [-0.1, -0.05) is 19.1 Å². The Balaban J connectivity index is 2.17. The lowest BCUT2D eigenvalue weighted by Gasteiger charge is -2.16. The lowest BCUT2D eigenvalue weighted by molar-refractivity contribution is 0.340. The summed E-state index contributed by atoms with van der Waals surface area (Å²) in [5.41, 5.74) is 2.06. The molecule has 1 aromatic heterocycles. The monoisotopic (exact) mass is 260 g/mol. The van der Waals surface area contributed by atoms with Gasteiger partial charge < -0.3 is 10.1 Å². The molecule has 0 aliphatic rings. The topological polar surface area (TPSA) is 62.8 Å². The molecule has 5 heteroatoms. The van der Waals surface area contributed by atoms with Gasteiger partial charge in [-0.2, -0.15) is 15.4 Å². The Hall–Kier alpha value is -1.88. The second-order valence-corrected chi connectivity index (χ2v) is 4.28. The third-order valence-electron chi connectivity index (χ3n) is 2.85. The summed E-state index contributed by atoms with van der Waals surface area (Å²) in [7, 11) is 0. The minimum Gasteiger partial charge on any atom is -0.494 e. The molecule has 0 bridgehead atoms. The number of aromatic amines is 1. The van der Waals surface area contributed by atoms with Gasteiger partial charge in [-0.05, 0) is 37.6 Å². The lowest BCUT2D eigenvalue weighted by atomic mass is 10.0. The highest BCUT2D eigenvalue weighted by molar-refractivity contribution is 5.32. The van der Waals surface area contributed by atoms with Crippen molar-refractivity contribution in [1.29, 1.82) is 0 Å². The van der Waals surface area contributed by atoms with Crippen molar-refractivity contribution >= 4 is 0 Å². The number of aromatic nitrogens is 3. The SMILES string of the molecule is CCCNC(c1ccc(OCC)cc1)c1cn[nH]n1. The Bertz CT molecular complexity index is 467. The number of nitrogens with one attached hydrogen (secondary N) is 2. The van der Waals surface area contributed by atoms with Gasteiger partial charge in [0.15, 0.2) is 0 Å². The fourth-order valence-electron chi connectivity index (χ4n) is 1.95. The van der Waals surface area contributed by atoms with Gasteiger partial charge in [-0.3, -0.25) is 0 Å². The Labute approximate surface area is 113 Å². The van der Waals surface area contributed by atoms with Gasteiger partial charge in [0.2, 0.25) is 0 Å². The van der Waals surface area contributed by atoms with E-state index < -0.39 is 0 Å². The van der Waals surface area contributed by atoms with Crippen molar-refractivity contribution in [2.24, 2.45) is 0 Å². The molecule has 1 atom stereocenters. The molecule has 1 aromatic carbocycles. The van der Waals surface area contributed by atoms with Crippen LogP contribution in [-0.4, -0.2) is 28.6 Å². The Morgan fingerprint density at radius 1 is 1.26 bits per heavy atom. The number of rotatable bonds is 7. The van der Waals surface area contributed by atoms with Gasteiger partial charge in [-0.25, -0.2) is 0 Å². The standard InChI is InChI=1S/C14H20N4O/c1-3-9-15-14(13-10-16-18-17-13)11-5-7-12(8-6-11)19-4-2/h5-8,10,14-15H,3-4,9H2,1-2H3,(H,16,17,18). The third kappa shape index (κ3) is 3.54. The Kier molecular flexibility index (Phi) is 4.92. The zero-order valence-corrected chi connectivity index (χ0v) is 11.4. The van der Waals surface area contributed by atoms with E-state index in [-0.39, 0.29) is 6.04 Å². The van der Waals surface area contributed by atoms with Gasteiger partial charge in [0.25, 0.3) is 0 Å². The minimum absolute atomic E-state index is 0.0642. The molecule has 1 heterocycles. The van der Waals surface area contributed by atoms with Crippen LogP contribution in [0.2, 0.25) is 0 Å². The average Bonchev–Trinajstić information content (AvgIpc) is 2.95. The lowest BCUT2D eigenvalue weighted by Crippen LogP contribution is -2.23. The molecule has 2 aromatic rings. The second-order valence-electron chi connectivity index (χ2n) is 4.28. The number of nitrogens with zero attached hydrogens (tertiary/aromatic N) is 2. The van der Waals surface area contributed by atoms with Crippen molar-refractivity contribution in [3.63, 3.8) is 0 Å². The number of hydrogen-bond donors (Lipinski definition) is 2. The van der Waals surface area contributed by atoms with Gasteiger partial charge in [0.05, 0.1) is 18.8 Å². The molecule has 2 rings (SSSR count). The summed E-state index contributed by atoms with van der Waals surface area (Å²) in [4.78, 5) is 0. The van der Waals surface area contributed by atoms with Crippen LogP contribution in [0.25, 0.3) is 0 Å². The molecule has 0 saturated carbocycles. The largest absolute Gasteiger partial charge is 0.494 e. The maximum Gasteiger partial charge on any atom is 0.119 e. The zero-order chi connectivity index (χ0) is 13.5. The van der Waals surface area contributed by atoms with Crippen LogP contribution in [0, 0.1) is 0 Å². The van der Waals surface area contributed by atoms with E-state index in [2.05, 4.69) is 39.8 Å². The molecular formula is C14H20N4O. The van der Waals surface area contributed by atoms with Crippen LogP contribution in [-0.2, 0) is 0 Å². The molecule has 102 valence electrons. The molecule has 0 fully saturated rings. The highest BCUT2D eigenvalue weighted by Crippen LogP contribution is 2.22. The smallest absolute Gasteiger partial charge is 0.119 e. The minimum atomic E-state index is 0.0642. The number of H-pyrrole nitrogens is 1. The van der Waals surface area contributed by atoms with E-state index in [4.69, 9.17) is 4.74 Å². The van der Waals surface area contributed by atoms with E-state index in [0.717, 1.165) is 30.0 Å². The molecule has 0 aliphatic heterocycles. The van der Waals surface area contributed by atoms with Crippen molar-refractivity contribution in [2.75, 3.05) is 13.2 Å². The van der Waals surface area contributed by atoms with Crippen LogP contribution < -0.4 is 10.1 Å². The maximum atomic E-state index is 5.46. The average molecular weight is 260 g/mol. The van der Waals surface area contributed by atoms with Crippen molar-refractivity contribution in [2.45, 2.75) is 26.3 Å². The molecular weight excluding hydrogens is 240 g/mol. The van der Waals surface area contributed by atoms with Gasteiger partial charge in [0.1, 0.15) is 11.4 Å². The van der Waals surface area contributed by atoms with Crippen molar-refractivity contribution < 1.29 is 4.74 Å². The van der Waals surface area contributed by atoms with E-state index >= 15 is 0 Å². The summed E-state index contributed by atoms with van der Waals surface area (Å²) in [6.07, 6.45) is 2.83. The van der Waals surface area contributed by atoms with Crippen LogP contribution in [0.4, 0.5) is 0 Å². The normalized spacial score (nSPS) is 12.3. The predicted octanol–water partition coefficient (Wildman–Crippen LogP) is 2.29. The first-order valence-corrected chi connectivity index (χ1v) is 6.67. The first kappa shape index (κ1) is 13.5. The number of hydrogen-bond acceptors (Lipinski definition) is 4. The quantitative estimate of drug-likeness (QED) is 0.801. The van der Waals surface area contributed by atoms with E-state index in [1.807, 2.05) is 19.1 Å². The third-order valence-corrected chi connectivity index (χ3v) is 2.85. The first-order chi connectivity index (χ1) is 9.35. The fourth-order valence-corrected chi connectivity index (χ4v) is 1.95. The van der Waals surface area contributed by atoms with Crippen LogP contribution in [0.15, 0.2) is 30.5 Å². The Morgan fingerprint density at radius 3 is 2.63 bits per heavy atom. The summed E-state index contributed by atoms with van der Waals surface area (Å²) in [6, 6.07) is 8.16. The summed E-state index contributed by atoms with van der Waals surface area (Å²) in [5.74, 6) is 0.889. The molecule has 0 saturated heterocycles. The summed E-state index contributed by atoms with van der Waals surface area (Å²) in [6.45, 7) is 5.74. The molecule has 0 radical (unpaired) electrons. The maximum absolute atomic E-state index is 5.46. The fraction of sp³-hybridized carbons (Fsp3) is 0.429. The van der Waals surface area contributed by atoms with E-state index in [9.17, 15) is 0 Å². The first-order valence-electron chi connectivity index (χ1n) is 6.67.